The molecule has 6 heteroatoms. The molecule has 1 aromatic rings. The second kappa shape index (κ2) is 11.7. The molecular formula is C24H29N3O2S. The molecule has 0 fully saturated rings. The number of allylic oxidation sites excluding steroid dienone is 3. The number of thioether (sulfide) groups is 1. The van der Waals surface area contributed by atoms with Gasteiger partial charge in [-0.2, -0.15) is 0 Å². The third-order valence-corrected chi connectivity index (χ3v) is 6.14. The molecule has 5 nitrogen and oxygen atoms in total. The predicted octanol–water partition coefficient (Wildman–Crippen LogP) is 3.89. The third kappa shape index (κ3) is 6.82. The van der Waals surface area contributed by atoms with Gasteiger partial charge in [0.05, 0.1) is 15.9 Å². The Balaban J connectivity index is 1.45. The van der Waals surface area contributed by atoms with Gasteiger partial charge in [0.1, 0.15) is 0 Å². The van der Waals surface area contributed by atoms with Gasteiger partial charge in [-0.25, -0.2) is 4.99 Å². The molecule has 30 heavy (non-hydrogen) atoms. The molecule has 1 aromatic carbocycles. The molecule has 0 bridgehead atoms. The minimum atomic E-state index is -0.338. The lowest BCUT2D eigenvalue weighted by molar-refractivity contribution is -0.117. The molecule has 158 valence electrons. The maximum Gasteiger partial charge on any atom is 0.283 e. The van der Waals surface area contributed by atoms with Crippen molar-refractivity contribution >= 4 is 29.3 Å². The molecule has 2 aliphatic rings. The molecule has 2 amide bonds. The number of benzene rings is 1. The highest BCUT2D eigenvalue weighted by Gasteiger charge is 2.26. The van der Waals surface area contributed by atoms with E-state index in [9.17, 15) is 9.59 Å². The lowest BCUT2D eigenvalue weighted by Crippen LogP contribution is -2.30. The average Bonchev–Trinajstić information content (AvgIpc) is 2.76. The quantitative estimate of drug-likeness (QED) is 0.458. The van der Waals surface area contributed by atoms with E-state index in [1.165, 1.54) is 23.4 Å². The molecule has 1 unspecified atom stereocenters. The highest BCUT2D eigenvalue weighted by atomic mass is 32.2. The van der Waals surface area contributed by atoms with Crippen LogP contribution in [-0.2, 0) is 16.1 Å². The summed E-state index contributed by atoms with van der Waals surface area (Å²) in [6, 6.07) is 10.5. The Kier molecular flexibility index (Phi) is 8.66. The molecule has 0 saturated carbocycles. The number of carbonyl (C=O) groups excluding carboxylic acids is 2. The minimum Gasteiger partial charge on any atom is -0.352 e. The number of unbranched alkanes of at least 4 members (excludes halogenated alkanes) is 1. The standard InChI is InChI=1S/C24H29N3O2S/c1-2-3-15-27(18-19-10-5-4-6-11-19)16-9-14-25-23(28)17-22-24(29)26-20-12-7-8-13-21(20)30-22/h4-8,10-13,17,21H,2-3,9,14-16,18H2,1H3,(H,25,28)/b22-17-. The van der Waals surface area contributed by atoms with Gasteiger partial charge in [0.15, 0.2) is 0 Å². The highest BCUT2D eigenvalue weighted by Crippen LogP contribution is 2.31. The van der Waals surface area contributed by atoms with Crippen LogP contribution < -0.4 is 5.32 Å². The minimum absolute atomic E-state index is 0.0110. The van der Waals surface area contributed by atoms with Crippen molar-refractivity contribution in [3.05, 3.63) is 71.2 Å². The van der Waals surface area contributed by atoms with Gasteiger partial charge in [0.2, 0.25) is 5.91 Å². The molecule has 3 rings (SSSR count). The molecule has 0 spiro atoms. The maximum atomic E-state index is 12.3. The normalized spacial score (nSPS) is 19.1. The van der Waals surface area contributed by atoms with E-state index in [1.54, 1.807) is 0 Å². The molecule has 0 aromatic heterocycles. The monoisotopic (exact) mass is 423 g/mol. The predicted molar refractivity (Wildman–Crippen MR) is 124 cm³/mol. The van der Waals surface area contributed by atoms with Crippen molar-refractivity contribution in [3.63, 3.8) is 0 Å². The van der Waals surface area contributed by atoms with Gasteiger partial charge >= 0.3 is 0 Å². The van der Waals surface area contributed by atoms with Crippen LogP contribution in [0.15, 0.2) is 70.6 Å². The third-order valence-electron chi connectivity index (χ3n) is 4.94. The number of hydrogen-bond acceptors (Lipinski definition) is 4. The molecule has 0 radical (unpaired) electrons. The van der Waals surface area contributed by atoms with Crippen LogP contribution in [0.3, 0.4) is 0 Å². The number of nitrogens with one attached hydrogen (secondary N) is 1. The summed E-state index contributed by atoms with van der Waals surface area (Å²) in [5.41, 5.74) is 2.05. The fraction of sp³-hybridized carbons (Fsp3) is 0.375. The summed E-state index contributed by atoms with van der Waals surface area (Å²) in [6.45, 7) is 5.68. The molecule has 1 heterocycles. The Morgan fingerprint density at radius 1 is 1.20 bits per heavy atom. The van der Waals surface area contributed by atoms with Gasteiger partial charge in [-0.15, -0.1) is 11.8 Å². The van der Waals surface area contributed by atoms with Gasteiger partial charge in [-0.3, -0.25) is 14.5 Å². The van der Waals surface area contributed by atoms with Gasteiger partial charge in [-0.1, -0.05) is 61.9 Å². The second-order valence-corrected chi connectivity index (χ2v) is 8.58. The summed E-state index contributed by atoms with van der Waals surface area (Å²) in [7, 11) is 0. The highest BCUT2D eigenvalue weighted by molar-refractivity contribution is 8.05. The van der Waals surface area contributed by atoms with Crippen LogP contribution in [0.25, 0.3) is 0 Å². The molecular weight excluding hydrogens is 394 g/mol. The summed E-state index contributed by atoms with van der Waals surface area (Å²) in [5, 5.41) is 2.92. The lowest BCUT2D eigenvalue weighted by atomic mass is 10.1. The number of aliphatic imine (C=N–C) groups is 1. The Labute approximate surface area is 183 Å². The van der Waals surface area contributed by atoms with Crippen LogP contribution in [0.1, 0.15) is 31.7 Å². The van der Waals surface area contributed by atoms with E-state index in [4.69, 9.17) is 0 Å². The van der Waals surface area contributed by atoms with Crippen LogP contribution >= 0.6 is 11.8 Å². The van der Waals surface area contributed by atoms with Gasteiger partial charge < -0.3 is 5.32 Å². The lowest BCUT2D eigenvalue weighted by Gasteiger charge is -2.22. The van der Waals surface area contributed by atoms with Crippen LogP contribution in [0.2, 0.25) is 0 Å². The first kappa shape index (κ1) is 22.2. The van der Waals surface area contributed by atoms with Crippen molar-refractivity contribution in [2.45, 2.75) is 38.0 Å². The summed E-state index contributed by atoms with van der Waals surface area (Å²) in [5.74, 6) is -0.571. The summed E-state index contributed by atoms with van der Waals surface area (Å²) >= 11 is 1.38. The molecule has 1 aliphatic carbocycles. The van der Waals surface area contributed by atoms with Gasteiger partial charge in [-0.05, 0) is 31.0 Å². The smallest absolute Gasteiger partial charge is 0.283 e. The van der Waals surface area contributed by atoms with E-state index in [2.05, 4.69) is 46.4 Å². The van der Waals surface area contributed by atoms with Crippen LogP contribution in [-0.4, -0.2) is 47.3 Å². The summed E-state index contributed by atoms with van der Waals surface area (Å²) < 4.78 is 0. The number of carbonyl (C=O) groups is 2. The van der Waals surface area contributed by atoms with E-state index in [1.807, 2.05) is 30.4 Å². The van der Waals surface area contributed by atoms with Crippen LogP contribution in [0.5, 0.6) is 0 Å². The fourth-order valence-corrected chi connectivity index (χ4v) is 4.36. The van der Waals surface area contributed by atoms with E-state index in [-0.39, 0.29) is 17.1 Å². The van der Waals surface area contributed by atoms with Crippen molar-refractivity contribution in [2.75, 3.05) is 19.6 Å². The number of nitrogens with zero attached hydrogens (tertiary/aromatic N) is 2. The van der Waals surface area contributed by atoms with Crippen molar-refractivity contribution < 1.29 is 9.59 Å². The Morgan fingerprint density at radius 3 is 2.80 bits per heavy atom. The van der Waals surface area contributed by atoms with Gasteiger partial charge in [0.25, 0.3) is 5.91 Å². The number of hydrogen-bond donors (Lipinski definition) is 1. The molecule has 1 atom stereocenters. The second-order valence-electron chi connectivity index (χ2n) is 7.39. The first-order valence-electron chi connectivity index (χ1n) is 10.6. The van der Waals surface area contributed by atoms with E-state index in [0.29, 0.717) is 11.4 Å². The molecule has 0 saturated heterocycles. The number of amides is 2. The zero-order chi connectivity index (χ0) is 21.2. The van der Waals surface area contributed by atoms with E-state index in [0.717, 1.165) is 44.6 Å². The number of fused-ring (bicyclic) bond motifs is 1. The summed E-state index contributed by atoms with van der Waals surface area (Å²) in [4.78, 5) is 31.4. The van der Waals surface area contributed by atoms with Crippen molar-refractivity contribution in [2.24, 2.45) is 4.99 Å². The fourth-order valence-electron chi connectivity index (χ4n) is 3.35. The average molecular weight is 424 g/mol. The van der Waals surface area contributed by atoms with Gasteiger partial charge in [0, 0.05) is 25.7 Å². The van der Waals surface area contributed by atoms with Crippen molar-refractivity contribution in [3.8, 4) is 0 Å². The Bertz CT molecular complexity index is 858. The maximum absolute atomic E-state index is 12.3. The summed E-state index contributed by atoms with van der Waals surface area (Å²) in [6.07, 6.45) is 12.2. The van der Waals surface area contributed by atoms with Crippen molar-refractivity contribution in [1.29, 1.82) is 0 Å². The van der Waals surface area contributed by atoms with Crippen LogP contribution in [0.4, 0.5) is 0 Å². The number of rotatable bonds is 10. The molecule has 1 aliphatic heterocycles. The zero-order valence-electron chi connectivity index (χ0n) is 17.4. The Morgan fingerprint density at radius 2 is 2.00 bits per heavy atom. The van der Waals surface area contributed by atoms with E-state index >= 15 is 0 Å². The topological polar surface area (TPSA) is 61.8 Å². The zero-order valence-corrected chi connectivity index (χ0v) is 18.2. The Hall–Kier alpha value is -2.44. The molecule has 1 N–H and O–H groups in total. The van der Waals surface area contributed by atoms with Crippen LogP contribution in [0, 0.1) is 0 Å². The first-order chi connectivity index (χ1) is 14.7. The van der Waals surface area contributed by atoms with E-state index < -0.39 is 0 Å². The first-order valence-corrected chi connectivity index (χ1v) is 11.4. The van der Waals surface area contributed by atoms with Crippen molar-refractivity contribution in [1.82, 2.24) is 10.2 Å². The SMILES string of the molecule is CCCCN(CCCNC(=O)/C=C1\SC2C=CC=CC2=NC1=O)Cc1ccccc1. The largest absolute Gasteiger partial charge is 0.352 e.